The Hall–Kier alpha value is -1.06. The molecular weight excluding hydrogens is 218 g/mol. The van der Waals surface area contributed by atoms with Crippen LogP contribution in [0.15, 0.2) is 0 Å². The molecule has 0 aromatic heterocycles. The zero-order chi connectivity index (χ0) is 12.5. The normalized spacial score (nSPS) is 27.2. The molecule has 1 heterocycles. The van der Waals surface area contributed by atoms with Gasteiger partial charge in [-0.3, -0.25) is 4.79 Å². The van der Waals surface area contributed by atoms with Crippen molar-refractivity contribution in [3.63, 3.8) is 0 Å². The fourth-order valence-corrected chi connectivity index (χ4v) is 3.60. The summed E-state index contributed by atoms with van der Waals surface area (Å²) >= 11 is 0. The molecule has 1 spiro atoms. The smallest absolute Gasteiger partial charge is 0.328 e. The Morgan fingerprint density at radius 1 is 1.18 bits per heavy atom. The number of rotatable bonds is 1. The summed E-state index contributed by atoms with van der Waals surface area (Å²) in [4.78, 5) is 25.4. The molecule has 1 saturated heterocycles. The van der Waals surface area contributed by atoms with Crippen LogP contribution in [0, 0.1) is 0 Å². The van der Waals surface area contributed by atoms with Crippen molar-refractivity contribution >= 4 is 11.9 Å². The number of hydrogen-bond donors (Lipinski definition) is 0. The molecule has 0 radical (unpaired) electrons. The van der Waals surface area contributed by atoms with Crippen molar-refractivity contribution in [3.8, 4) is 0 Å². The maximum absolute atomic E-state index is 11.9. The Bertz CT molecular complexity index is 321. The number of esters is 1. The predicted molar refractivity (Wildman–Crippen MR) is 63.4 cm³/mol. The minimum atomic E-state index is -0.351. The number of amides is 1. The Balaban J connectivity index is 2.24. The molecule has 1 atom stereocenters. The first kappa shape index (κ1) is 12.4. The molecule has 96 valence electrons. The number of carbonyl (C=O) groups is 2. The first-order valence-corrected chi connectivity index (χ1v) is 6.48. The Kier molecular flexibility index (Phi) is 3.40. The zero-order valence-electron chi connectivity index (χ0n) is 10.7. The summed E-state index contributed by atoms with van der Waals surface area (Å²) in [5.41, 5.74) is -0.0526. The van der Waals surface area contributed by atoms with Gasteiger partial charge in [-0.1, -0.05) is 19.3 Å². The van der Waals surface area contributed by atoms with Crippen molar-refractivity contribution in [1.29, 1.82) is 0 Å². The molecule has 2 aliphatic rings. The minimum absolute atomic E-state index is 0.0137. The van der Waals surface area contributed by atoms with Gasteiger partial charge >= 0.3 is 5.97 Å². The molecule has 1 saturated carbocycles. The fraction of sp³-hybridized carbons (Fsp3) is 0.846. The summed E-state index contributed by atoms with van der Waals surface area (Å²) in [5, 5.41) is 0. The van der Waals surface area contributed by atoms with E-state index in [9.17, 15) is 9.59 Å². The van der Waals surface area contributed by atoms with E-state index in [2.05, 4.69) is 0 Å². The summed E-state index contributed by atoms with van der Waals surface area (Å²) in [7, 11) is 1.40. The second-order valence-electron chi connectivity index (χ2n) is 5.25. The second kappa shape index (κ2) is 4.67. The van der Waals surface area contributed by atoms with E-state index in [1.54, 1.807) is 6.92 Å². The van der Waals surface area contributed by atoms with Crippen LogP contribution in [0.4, 0.5) is 0 Å². The highest BCUT2D eigenvalue weighted by Gasteiger charge is 2.50. The van der Waals surface area contributed by atoms with Gasteiger partial charge in [-0.05, 0) is 25.7 Å². The molecular formula is C13H21NO3. The van der Waals surface area contributed by atoms with Crippen LogP contribution in [-0.2, 0) is 14.3 Å². The van der Waals surface area contributed by atoms with Crippen LogP contribution in [0.25, 0.3) is 0 Å². The van der Waals surface area contributed by atoms with Crippen LogP contribution in [-0.4, -0.2) is 35.5 Å². The van der Waals surface area contributed by atoms with Crippen LogP contribution < -0.4 is 0 Å². The quantitative estimate of drug-likeness (QED) is 0.656. The monoisotopic (exact) mass is 239 g/mol. The van der Waals surface area contributed by atoms with Crippen molar-refractivity contribution in [2.45, 2.75) is 63.5 Å². The van der Waals surface area contributed by atoms with Gasteiger partial charge in [-0.15, -0.1) is 0 Å². The molecule has 2 rings (SSSR count). The summed E-state index contributed by atoms with van der Waals surface area (Å²) in [6.45, 7) is 1.57. The number of methoxy groups -OCH3 is 1. The molecule has 0 N–H and O–H groups in total. The SMILES string of the molecule is COC(=O)C1CCC2(CCCCC2)N1C(C)=O. The molecule has 4 nitrogen and oxygen atoms in total. The summed E-state index contributed by atoms with van der Waals surface area (Å²) in [5.74, 6) is -0.248. The van der Waals surface area contributed by atoms with Crippen molar-refractivity contribution in [3.05, 3.63) is 0 Å². The molecule has 1 aliphatic heterocycles. The van der Waals surface area contributed by atoms with Gasteiger partial charge < -0.3 is 9.64 Å². The maximum Gasteiger partial charge on any atom is 0.328 e. The minimum Gasteiger partial charge on any atom is -0.467 e. The average Bonchev–Trinajstić information content (AvgIpc) is 2.68. The molecule has 1 amide bonds. The summed E-state index contributed by atoms with van der Waals surface area (Å²) < 4.78 is 4.82. The number of likely N-dealkylation sites (tertiary alicyclic amines) is 1. The van der Waals surface area contributed by atoms with Gasteiger partial charge in [-0.25, -0.2) is 4.79 Å². The van der Waals surface area contributed by atoms with Crippen LogP contribution >= 0.6 is 0 Å². The lowest BCUT2D eigenvalue weighted by Gasteiger charge is -2.42. The van der Waals surface area contributed by atoms with Gasteiger partial charge in [-0.2, -0.15) is 0 Å². The molecule has 1 aliphatic carbocycles. The summed E-state index contributed by atoms with van der Waals surface area (Å²) in [6, 6.07) is -0.351. The summed E-state index contributed by atoms with van der Waals surface area (Å²) in [6.07, 6.45) is 7.37. The van der Waals surface area contributed by atoms with E-state index in [4.69, 9.17) is 4.74 Å². The van der Waals surface area contributed by atoms with Crippen molar-refractivity contribution in [2.75, 3.05) is 7.11 Å². The van der Waals surface area contributed by atoms with Crippen molar-refractivity contribution in [1.82, 2.24) is 4.90 Å². The molecule has 2 fully saturated rings. The first-order chi connectivity index (χ1) is 8.10. The molecule has 0 aromatic rings. The van der Waals surface area contributed by atoms with Gasteiger partial charge in [0.05, 0.1) is 7.11 Å². The molecule has 17 heavy (non-hydrogen) atoms. The van der Waals surface area contributed by atoms with Crippen LogP contribution in [0.5, 0.6) is 0 Å². The topological polar surface area (TPSA) is 46.6 Å². The van der Waals surface area contributed by atoms with Crippen molar-refractivity contribution in [2.24, 2.45) is 0 Å². The van der Waals surface area contributed by atoms with Gasteiger partial charge in [0.15, 0.2) is 0 Å². The largest absolute Gasteiger partial charge is 0.467 e. The highest BCUT2D eigenvalue weighted by Crippen LogP contribution is 2.44. The zero-order valence-corrected chi connectivity index (χ0v) is 10.7. The van der Waals surface area contributed by atoms with Gasteiger partial charge in [0.25, 0.3) is 0 Å². The van der Waals surface area contributed by atoms with E-state index in [0.717, 1.165) is 38.5 Å². The van der Waals surface area contributed by atoms with Crippen molar-refractivity contribution < 1.29 is 14.3 Å². The van der Waals surface area contributed by atoms with Gasteiger partial charge in [0.2, 0.25) is 5.91 Å². The first-order valence-electron chi connectivity index (χ1n) is 6.48. The third-order valence-electron chi connectivity index (χ3n) is 4.30. The van der Waals surface area contributed by atoms with E-state index >= 15 is 0 Å². The van der Waals surface area contributed by atoms with Gasteiger partial charge in [0.1, 0.15) is 6.04 Å². The number of ether oxygens (including phenoxy) is 1. The Labute approximate surface area is 102 Å². The standard InChI is InChI=1S/C13H21NO3/c1-10(15)14-11(12(16)17-2)6-9-13(14)7-4-3-5-8-13/h11H,3-9H2,1-2H3. The highest BCUT2D eigenvalue weighted by atomic mass is 16.5. The number of nitrogens with zero attached hydrogens (tertiary/aromatic N) is 1. The Morgan fingerprint density at radius 3 is 2.35 bits per heavy atom. The average molecular weight is 239 g/mol. The van der Waals surface area contributed by atoms with Crippen LogP contribution in [0.3, 0.4) is 0 Å². The van der Waals surface area contributed by atoms with E-state index in [1.807, 2.05) is 4.90 Å². The molecule has 4 heteroatoms. The van der Waals surface area contributed by atoms with Crippen LogP contribution in [0.2, 0.25) is 0 Å². The highest BCUT2D eigenvalue weighted by molar-refractivity contribution is 5.84. The lowest BCUT2D eigenvalue weighted by atomic mass is 9.80. The van der Waals surface area contributed by atoms with E-state index in [0.29, 0.717) is 0 Å². The predicted octanol–water partition coefficient (Wildman–Crippen LogP) is 1.87. The number of carbonyl (C=O) groups excluding carboxylic acids is 2. The Morgan fingerprint density at radius 2 is 1.82 bits per heavy atom. The lowest BCUT2D eigenvalue weighted by molar-refractivity contribution is -0.154. The molecule has 0 bridgehead atoms. The molecule has 1 unspecified atom stereocenters. The molecule has 0 aromatic carbocycles. The van der Waals surface area contributed by atoms with E-state index in [-0.39, 0.29) is 23.5 Å². The van der Waals surface area contributed by atoms with Crippen LogP contribution in [0.1, 0.15) is 51.9 Å². The second-order valence-corrected chi connectivity index (χ2v) is 5.25. The maximum atomic E-state index is 11.9. The van der Waals surface area contributed by atoms with E-state index < -0.39 is 0 Å². The third-order valence-corrected chi connectivity index (χ3v) is 4.30. The van der Waals surface area contributed by atoms with E-state index in [1.165, 1.54) is 13.5 Å². The lowest BCUT2D eigenvalue weighted by Crippen LogP contribution is -2.53. The third kappa shape index (κ3) is 2.05. The fourth-order valence-electron chi connectivity index (χ4n) is 3.60. The van der Waals surface area contributed by atoms with Gasteiger partial charge in [0, 0.05) is 12.5 Å². The number of hydrogen-bond acceptors (Lipinski definition) is 3.